The zero-order valence-electron chi connectivity index (χ0n) is 9.54. The molecule has 0 spiro atoms. The fourth-order valence-corrected chi connectivity index (χ4v) is 2.85. The Morgan fingerprint density at radius 2 is 1.95 bits per heavy atom. The highest BCUT2D eigenvalue weighted by atomic mass is 79.9. The SMILES string of the molecule is Nc1c(F)cc(C(=O)NCc2ccc(Br)s2)cc1F. The molecule has 2 rings (SSSR count). The van der Waals surface area contributed by atoms with Gasteiger partial charge in [0.15, 0.2) is 0 Å². The van der Waals surface area contributed by atoms with E-state index in [0.29, 0.717) is 6.54 Å². The van der Waals surface area contributed by atoms with E-state index >= 15 is 0 Å². The van der Waals surface area contributed by atoms with Gasteiger partial charge in [-0.05, 0) is 40.2 Å². The largest absolute Gasteiger partial charge is 0.394 e. The topological polar surface area (TPSA) is 55.1 Å². The van der Waals surface area contributed by atoms with Crippen LogP contribution in [0.4, 0.5) is 14.5 Å². The molecule has 3 nitrogen and oxygen atoms in total. The Bertz CT molecular complexity index is 607. The fourth-order valence-electron chi connectivity index (χ4n) is 1.43. The molecule has 1 heterocycles. The molecule has 19 heavy (non-hydrogen) atoms. The lowest BCUT2D eigenvalue weighted by Crippen LogP contribution is -2.22. The third kappa shape index (κ3) is 3.30. The molecule has 0 saturated carbocycles. The van der Waals surface area contributed by atoms with E-state index in [1.54, 1.807) is 0 Å². The molecule has 0 unspecified atom stereocenters. The predicted octanol–water partition coefficient (Wildman–Crippen LogP) is 3.30. The van der Waals surface area contributed by atoms with Crippen LogP contribution in [-0.2, 0) is 6.54 Å². The summed E-state index contributed by atoms with van der Waals surface area (Å²) in [4.78, 5) is 12.7. The monoisotopic (exact) mass is 346 g/mol. The van der Waals surface area contributed by atoms with Gasteiger partial charge in [0.25, 0.3) is 5.91 Å². The first-order chi connectivity index (χ1) is 8.97. The van der Waals surface area contributed by atoms with Gasteiger partial charge in [-0.2, -0.15) is 0 Å². The molecule has 0 radical (unpaired) electrons. The molecular formula is C12H9BrF2N2OS. The second-order valence-electron chi connectivity index (χ2n) is 3.74. The average Bonchev–Trinajstić information content (AvgIpc) is 2.78. The van der Waals surface area contributed by atoms with E-state index in [0.717, 1.165) is 20.8 Å². The standard InChI is InChI=1S/C12H9BrF2N2OS/c13-10-2-1-7(19-10)5-17-12(18)6-3-8(14)11(16)9(15)4-6/h1-4H,5,16H2,(H,17,18). The summed E-state index contributed by atoms with van der Waals surface area (Å²) in [5.74, 6) is -2.43. The Morgan fingerprint density at radius 3 is 2.47 bits per heavy atom. The van der Waals surface area contributed by atoms with E-state index in [-0.39, 0.29) is 5.56 Å². The molecule has 2 aromatic rings. The summed E-state index contributed by atoms with van der Waals surface area (Å²) in [5, 5.41) is 2.58. The zero-order chi connectivity index (χ0) is 14.0. The number of halogens is 3. The first-order valence-electron chi connectivity index (χ1n) is 5.24. The van der Waals surface area contributed by atoms with Gasteiger partial charge in [-0.15, -0.1) is 11.3 Å². The molecular weight excluding hydrogens is 338 g/mol. The van der Waals surface area contributed by atoms with Gasteiger partial charge in [-0.3, -0.25) is 4.79 Å². The summed E-state index contributed by atoms with van der Waals surface area (Å²) >= 11 is 4.77. The lowest BCUT2D eigenvalue weighted by Gasteiger charge is -2.06. The number of hydrogen-bond acceptors (Lipinski definition) is 3. The highest BCUT2D eigenvalue weighted by molar-refractivity contribution is 9.11. The number of carbonyl (C=O) groups is 1. The van der Waals surface area contributed by atoms with Crippen LogP contribution in [0.3, 0.4) is 0 Å². The van der Waals surface area contributed by atoms with Gasteiger partial charge in [-0.25, -0.2) is 8.78 Å². The summed E-state index contributed by atoms with van der Waals surface area (Å²) < 4.78 is 27.4. The second kappa shape index (κ2) is 5.66. The average molecular weight is 347 g/mol. The van der Waals surface area contributed by atoms with Gasteiger partial charge in [0.1, 0.15) is 17.3 Å². The maximum Gasteiger partial charge on any atom is 0.251 e. The molecule has 0 saturated heterocycles. The number of benzene rings is 1. The van der Waals surface area contributed by atoms with Gasteiger partial charge in [0, 0.05) is 10.4 Å². The van der Waals surface area contributed by atoms with Crippen molar-refractivity contribution in [2.75, 3.05) is 5.73 Å². The summed E-state index contributed by atoms with van der Waals surface area (Å²) in [5.41, 5.74) is 4.45. The number of hydrogen-bond donors (Lipinski definition) is 2. The van der Waals surface area contributed by atoms with Crippen molar-refractivity contribution in [1.29, 1.82) is 0 Å². The number of anilines is 1. The van der Waals surface area contributed by atoms with Crippen LogP contribution in [0, 0.1) is 11.6 Å². The normalized spacial score (nSPS) is 10.5. The van der Waals surface area contributed by atoms with Gasteiger partial charge in [0.05, 0.1) is 10.3 Å². The first-order valence-corrected chi connectivity index (χ1v) is 6.85. The quantitative estimate of drug-likeness (QED) is 0.837. The van der Waals surface area contributed by atoms with E-state index in [2.05, 4.69) is 21.2 Å². The maximum absolute atomic E-state index is 13.2. The Morgan fingerprint density at radius 1 is 1.32 bits per heavy atom. The van der Waals surface area contributed by atoms with Gasteiger partial charge in [-0.1, -0.05) is 0 Å². The highest BCUT2D eigenvalue weighted by Gasteiger charge is 2.13. The number of carbonyl (C=O) groups excluding carboxylic acids is 1. The number of thiophene rings is 1. The third-order valence-corrected chi connectivity index (χ3v) is 4.02. The molecule has 1 amide bonds. The molecule has 0 bridgehead atoms. The van der Waals surface area contributed by atoms with Gasteiger partial charge in [0.2, 0.25) is 0 Å². The summed E-state index contributed by atoms with van der Waals surface area (Å²) in [7, 11) is 0. The molecule has 1 aromatic carbocycles. The Hall–Kier alpha value is -1.47. The second-order valence-corrected chi connectivity index (χ2v) is 6.29. The Balaban J connectivity index is 2.08. The van der Waals surface area contributed by atoms with E-state index in [1.807, 2.05) is 12.1 Å². The lowest BCUT2D eigenvalue weighted by atomic mass is 10.1. The fraction of sp³-hybridized carbons (Fsp3) is 0.0833. The maximum atomic E-state index is 13.2. The number of amides is 1. The molecule has 0 aliphatic carbocycles. The zero-order valence-corrected chi connectivity index (χ0v) is 11.9. The lowest BCUT2D eigenvalue weighted by molar-refractivity contribution is 0.0950. The molecule has 0 fully saturated rings. The number of rotatable bonds is 3. The number of nitrogens with two attached hydrogens (primary N) is 1. The summed E-state index contributed by atoms with van der Waals surface area (Å²) in [6, 6.07) is 5.53. The Labute approximate surface area is 120 Å². The molecule has 0 aliphatic rings. The van der Waals surface area contributed by atoms with Crippen LogP contribution in [-0.4, -0.2) is 5.91 Å². The van der Waals surface area contributed by atoms with Crippen LogP contribution in [0.5, 0.6) is 0 Å². The van der Waals surface area contributed by atoms with Gasteiger partial charge >= 0.3 is 0 Å². The van der Waals surface area contributed by atoms with Crippen molar-refractivity contribution in [1.82, 2.24) is 5.32 Å². The first kappa shape index (κ1) is 14.0. The predicted molar refractivity (Wildman–Crippen MR) is 74.0 cm³/mol. The van der Waals surface area contributed by atoms with E-state index in [4.69, 9.17) is 5.73 Å². The van der Waals surface area contributed by atoms with Crippen LogP contribution >= 0.6 is 27.3 Å². The van der Waals surface area contributed by atoms with Crippen molar-refractivity contribution in [3.05, 3.63) is 50.1 Å². The van der Waals surface area contributed by atoms with Crippen molar-refractivity contribution in [2.45, 2.75) is 6.54 Å². The number of nitrogen functional groups attached to an aromatic ring is 1. The van der Waals surface area contributed by atoms with E-state index < -0.39 is 23.2 Å². The molecule has 3 N–H and O–H groups in total. The number of nitrogens with one attached hydrogen (secondary N) is 1. The van der Waals surface area contributed by atoms with Crippen molar-refractivity contribution in [2.24, 2.45) is 0 Å². The molecule has 7 heteroatoms. The minimum absolute atomic E-state index is 0.0974. The molecule has 0 aliphatic heterocycles. The van der Waals surface area contributed by atoms with Gasteiger partial charge < -0.3 is 11.1 Å². The molecule has 1 aromatic heterocycles. The summed E-state index contributed by atoms with van der Waals surface area (Å²) in [6.07, 6.45) is 0. The van der Waals surface area contributed by atoms with E-state index in [9.17, 15) is 13.6 Å². The van der Waals surface area contributed by atoms with Crippen LogP contribution in [0.25, 0.3) is 0 Å². The van der Waals surface area contributed by atoms with Crippen LogP contribution in [0.2, 0.25) is 0 Å². The van der Waals surface area contributed by atoms with Crippen molar-refractivity contribution >= 4 is 38.9 Å². The van der Waals surface area contributed by atoms with Crippen LogP contribution < -0.4 is 11.1 Å². The smallest absolute Gasteiger partial charge is 0.251 e. The molecule has 0 atom stereocenters. The third-order valence-electron chi connectivity index (χ3n) is 2.39. The van der Waals surface area contributed by atoms with Crippen molar-refractivity contribution < 1.29 is 13.6 Å². The minimum Gasteiger partial charge on any atom is -0.394 e. The van der Waals surface area contributed by atoms with Crippen molar-refractivity contribution in [3.63, 3.8) is 0 Å². The van der Waals surface area contributed by atoms with E-state index in [1.165, 1.54) is 11.3 Å². The van der Waals surface area contributed by atoms with Crippen LogP contribution in [0.1, 0.15) is 15.2 Å². The minimum atomic E-state index is -0.941. The van der Waals surface area contributed by atoms with Crippen LogP contribution in [0.15, 0.2) is 28.1 Å². The highest BCUT2D eigenvalue weighted by Crippen LogP contribution is 2.22. The summed E-state index contributed by atoms with van der Waals surface area (Å²) in [6.45, 7) is 0.294. The molecule has 100 valence electrons. The van der Waals surface area contributed by atoms with Crippen molar-refractivity contribution in [3.8, 4) is 0 Å². The Kier molecular flexibility index (Phi) is 4.16.